The number of methoxy groups -OCH3 is 1. The molecule has 2 aromatic rings. The highest BCUT2D eigenvalue weighted by atomic mass is 19.1. The van der Waals surface area contributed by atoms with E-state index in [1.165, 1.54) is 26.0 Å². The molecule has 1 saturated heterocycles. The molecular weight excluding hydrogens is 299 g/mol. The molecule has 1 aromatic carbocycles. The number of aliphatic hydroxyl groups is 1. The first kappa shape index (κ1) is 15.9. The van der Waals surface area contributed by atoms with E-state index < -0.39 is 11.9 Å². The number of rotatable bonds is 6. The van der Waals surface area contributed by atoms with Gasteiger partial charge in [-0.15, -0.1) is 5.10 Å². The molecule has 0 unspecified atom stereocenters. The lowest BCUT2D eigenvalue weighted by atomic mass is 10.1. The highest BCUT2D eigenvalue weighted by molar-refractivity contribution is 5.59. The Morgan fingerprint density at radius 3 is 2.78 bits per heavy atom. The third kappa shape index (κ3) is 3.86. The van der Waals surface area contributed by atoms with Crippen molar-refractivity contribution in [2.24, 2.45) is 0 Å². The van der Waals surface area contributed by atoms with Gasteiger partial charge in [-0.1, -0.05) is 5.21 Å². The van der Waals surface area contributed by atoms with Gasteiger partial charge in [0.25, 0.3) is 0 Å². The Morgan fingerprint density at radius 2 is 2.09 bits per heavy atom. The summed E-state index contributed by atoms with van der Waals surface area (Å²) in [6.45, 7) is 3.06. The molecule has 0 saturated carbocycles. The van der Waals surface area contributed by atoms with Crippen LogP contribution in [0.15, 0.2) is 24.4 Å². The lowest BCUT2D eigenvalue weighted by Crippen LogP contribution is -2.32. The molecule has 6 nitrogen and oxygen atoms in total. The summed E-state index contributed by atoms with van der Waals surface area (Å²) >= 11 is 0. The van der Waals surface area contributed by atoms with Crippen LogP contribution in [-0.4, -0.2) is 57.8 Å². The molecule has 124 valence electrons. The molecule has 1 N–H and O–H groups in total. The van der Waals surface area contributed by atoms with Crippen LogP contribution >= 0.6 is 0 Å². The Morgan fingerprint density at radius 1 is 1.30 bits per heavy atom. The van der Waals surface area contributed by atoms with Crippen molar-refractivity contribution < 1.29 is 14.2 Å². The van der Waals surface area contributed by atoms with Gasteiger partial charge in [-0.25, -0.2) is 9.07 Å². The Bertz CT molecular complexity index is 655. The van der Waals surface area contributed by atoms with Crippen molar-refractivity contribution in [2.75, 3.05) is 26.7 Å². The summed E-state index contributed by atoms with van der Waals surface area (Å²) < 4.78 is 20.6. The van der Waals surface area contributed by atoms with Crippen molar-refractivity contribution >= 4 is 0 Å². The average molecular weight is 320 g/mol. The zero-order valence-corrected chi connectivity index (χ0v) is 13.2. The van der Waals surface area contributed by atoms with Gasteiger partial charge in [0.15, 0.2) is 0 Å². The van der Waals surface area contributed by atoms with Crippen molar-refractivity contribution in [3.05, 3.63) is 30.2 Å². The smallest absolute Gasteiger partial charge is 0.136 e. The van der Waals surface area contributed by atoms with E-state index in [4.69, 9.17) is 4.74 Å². The molecule has 1 fully saturated rings. The van der Waals surface area contributed by atoms with Gasteiger partial charge in [-0.05, 0) is 38.1 Å². The monoisotopic (exact) mass is 320 g/mol. The number of likely N-dealkylation sites (tertiary alicyclic amines) is 1. The van der Waals surface area contributed by atoms with Crippen LogP contribution in [0, 0.1) is 5.82 Å². The number of ether oxygens (including phenoxy) is 1. The lowest BCUT2D eigenvalue weighted by Gasteiger charge is -2.18. The quantitative estimate of drug-likeness (QED) is 0.875. The molecule has 0 spiro atoms. The largest absolute Gasteiger partial charge is 0.497 e. The minimum atomic E-state index is -0.511. The predicted octanol–water partition coefficient (Wildman–Crippen LogP) is 1.55. The molecule has 0 bridgehead atoms. The number of aliphatic hydroxyl groups excluding tert-OH is 1. The minimum absolute atomic E-state index is 0.348. The molecule has 0 amide bonds. The number of benzene rings is 1. The molecule has 1 aliphatic heterocycles. The van der Waals surface area contributed by atoms with Crippen LogP contribution in [0.2, 0.25) is 0 Å². The molecule has 0 radical (unpaired) electrons. The summed E-state index contributed by atoms with van der Waals surface area (Å²) in [5.41, 5.74) is 0.810. The Labute approximate surface area is 134 Å². The zero-order chi connectivity index (χ0) is 16.2. The second-order valence-corrected chi connectivity index (χ2v) is 5.83. The van der Waals surface area contributed by atoms with E-state index in [2.05, 4.69) is 15.2 Å². The third-order valence-corrected chi connectivity index (χ3v) is 4.06. The first-order valence-corrected chi connectivity index (χ1v) is 7.80. The molecule has 2 heterocycles. The summed E-state index contributed by atoms with van der Waals surface area (Å²) in [5.74, 6) is 0.0497. The highest BCUT2D eigenvalue weighted by Crippen LogP contribution is 2.24. The maximum Gasteiger partial charge on any atom is 0.136 e. The summed E-state index contributed by atoms with van der Waals surface area (Å²) in [7, 11) is 1.49. The molecule has 7 heteroatoms. The van der Waals surface area contributed by atoms with Crippen molar-refractivity contribution in [3.8, 4) is 17.0 Å². The number of hydrogen-bond acceptors (Lipinski definition) is 5. The SMILES string of the molecule is COc1ccc(-c2cn(C[C@H](O)CN3CCCC3)nn2)c(F)c1. The molecule has 3 rings (SSSR count). The van der Waals surface area contributed by atoms with E-state index in [9.17, 15) is 9.50 Å². The minimum Gasteiger partial charge on any atom is -0.497 e. The van der Waals surface area contributed by atoms with Crippen LogP contribution in [0.1, 0.15) is 12.8 Å². The van der Waals surface area contributed by atoms with Gasteiger partial charge < -0.3 is 14.7 Å². The van der Waals surface area contributed by atoms with Crippen LogP contribution in [0.3, 0.4) is 0 Å². The van der Waals surface area contributed by atoms with Gasteiger partial charge in [0.2, 0.25) is 0 Å². The van der Waals surface area contributed by atoms with Crippen LogP contribution in [0.25, 0.3) is 11.3 Å². The van der Waals surface area contributed by atoms with Crippen LogP contribution < -0.4 is 4.74 Å². The first-order chi connectivity index (χ1) is 11.2. The molecule has 1 atom stereocenters. The first-order valence-electron chi connectivity index (χ1n) is 7.80. The summed E-state index contributed by atoms with van der Waals surface area (Å²) in [6.07, 6.45) is 3.52. The van der Waals surface area contributed by atoms with E-state index in [-0.39, 0.29) is 0 Å². The van der Waals surface area contributed by atoms with Crippen molar-refractivity contribution in [2.45, 2.75) is 25.5 Å². The van der Waals surface area contributed by atoms with E-state index >= 15 is 0 Å². The van der Waals surface area contributed by atoms with Gasteiger partial charge in [-0.2, -0.15) is 0 Å². The highest BCUT2D eigenvalue weighted by Gasteiger charge is 2.17. The van der Waals surface area contributed by atoms with E-state index in [1.54, 1.807) is 23.0 Å². The maximum absolute atomic E-state index is 14.1. The number of β-amino-alcohol motifs (C(OH)–C–C–N with tert-alkyl or cyclic N) is 1. The second-order valence-electron chi connectivity index (χ2n) is 5.83. The Kier molecular flexibility index (Phi) is 4.88. The fourth-order valence-corrected chi connectivity index (χ4v) is 2.88. The average Bonchev–Trinajstić information content (AvgIpc) is 3.19. The molecule has 1 aliphatic rings. The third-order valence-electron chi connectivity index (χ3n) is 4.06. The standard InChI is InChI=1S/C16H21FN4O2/c1-23-13-4-5-14(15(17)8-13)16-11-21(19-18-16)10-12(22)9-20-6-2-3-7-20/h4-5,8,11-12,22H,2-3,6-7,9-10H2,1H3/t12-/m1/s1. The predicted molar refractivity (Wildman–Crippen MR) is 83.6 cm³/mol. The maximum atomic E-state index is 14.1. The van der Waals surface area contributed by atoms with E-state index in [1.807, 2.05) is 0 Å². The summed E-state index contributed by atoms with van der Waals surface area (Å²) in [4.78, 5) is 2.24. The Hall–Kier alpha value is -1.99. The van der Waals surface area contributed by atoms with Crippen LogP contribution in [-0.2, 0) is 6.54 Å². The summed E-state index contributed by atoms with van der Waals surface area (Å²) in [5, 5.41) is 18.1. The number of nitrogens with zero attached hydrogens (tertiary/aromatic N) is 4. The topological polar surface area (TPSA) is 63.4 Å². The summed E-state index contributed by atoms with van der Waals surface area (Å²) in [6, 6.07) is 4.61. The van der Waals surface area contributed by atoms with Gasteiger partial charge >= 0.3 is 0 Å². The van der Waals surface area contributed by atoms with Crippen molar-refractivity contribution in [1.82, 2.24) is 19.9 Å². The number of aromatic nitrogens is 3. The molecule has 23 heavy (non-hydrogen) atoms. The van der Waals surface area contributed by atoms with Gasteiger partial charge in [0.05, 0.1) is 26.0 Å². The van der Waals surface area contributed by atoms with Gasteiger partial charge in [0.1, 0.15) is 17.3 Å². The molecular formula is C16H21FN4O2. The Balaban J connectivity index is 1.65. The fraction of sp³-hybridized carbons (Fsp3) is 0.500. The second kappa shape index (κ2) is 7.06. The zero-order valence-electron chi connectivity index (χ0n) is 13.2. The molecule has 0 aliphatic carbocycles. The number of hydrogen-bond donors (Lipinski definition) is 1. The van der Waals surface area contributed by atoms with Crippen LogP contribution in [0.4, 0.5) is 4.39 Å². The number of halogens is 1. The van der Waals surface area contributed by atoms with Gasteiger partial charge in [-0.3, -0.25) is 0 Å². The van der Waals surface area contributed by atoms with E-state index in [0.29, 0.717) is 30.1 Å². The van der Waals surface area contributed by atoms with Gasteiger partial charge in [0, 0.05) is 18.2 Å². The lowest BCUT2D eigenvalue weighted by molar-refractivity contribution is 0.105. The normalized spacial score (nSPS) is 16.7. The fourth-order valence-electron chi connectivity index (χ4n) is 2.88. The van der Waals surface area contributed by atoms with E-state index in [0.717, 1.165) is 13.1 Å². The van der Waals surface area contributed by atoms with Crippen LogP contribution in [0.5, 0.6) is 5.75 Å². The van der Waals surface area contributed by atoms with Crippen molar-refractivity contribution in [1.29, 1.82) is 0 Å². The molecule has 1 aromatic heterocycles. The van der Waals surface area contributed by atoms with Crippen molar-refractivity contribution in [3.63, 3.8) is 0 Å².